The predicted molar refractivity (Wildman–Crippen MR) is 130 cm³/mol. The Hall–Kier alpha value is -4.01. The van der Waals surface area contributed by atoms with Crippen LogP contribution in [0.1, 0.15) is 44.1 Å². The number of carbonyl (C=O) groups is 5. The Labute approximate surface area is 213 Å². The summed E-state index contributed by atoms with van der Waals surface area (Å²) in [6.07, 6.45) is 3.56. The summed E-state index contributed by atoms with van der Waals surface area (Å²) in [4.78, 5) is 65.4. The third-order valence-corrected chi connectivity index (χ3v) is 7.98. The molecule has 1 aliphatic heterocycles. The Morgan fingerprint density at radius 1 is 1.14 bits per heavy atom. The number of hydrogen-bond acceptors (Lipinski definition) is 7. The number of ketones is 2. The van der Waals surface area contributed by atoms with Crippen LogP contribution in [0.3, 0.4) is 0 Å². The molecule has 0 aromatic heterocycles. The van der Waals surface area contributed by atoms with Crippen LogP contribution in [0.5, 0.6) is 11.5 Å². The third kappa shape index (κ3) is 3.80. The van der Waals surface area contributed by atoms with Gasteiger partial charge in [0.15, 0.2) is 11.6 Å². The summed E-state index contributed by atoms with van der Waals surface area (Å²) in [6.45, 7) is 1.59. The maximum atomic E-state index is 13.5. The molecule has 9 nitrogen and oxygen atoms in total. The molecule has 0 saturated carbocycles. The minimum atomic E-state index is -1.00. The Balaban J connectivity index is 1.62. The monoisotopic (exact) mass is 505 g/mol. The molecule has 1 heterocycles. The number of Topliss-reactive ketones (excluding diaryl/α,β-unsaturated/α-hetero) is 1. The highest BCUT2D eigenvalue weighted by Crippen LogP contribution is 2.57. The average Bonchev–Trinajstić information content (AvgIpc) is 3.11. The SMILES string of the molecule is COc1cccc(O)c1[C@H]1C2=CC[C@@H]3C(=O)N(CCCC(=O)O)C(=O)[C@@H]3[C@@H]2CC2=C1C(=O)C(C)=CC2=O. The molecule has 2 N–H and O–H groups in total. The molecular formula is C28H27NO8. The summed E-state index contributed by atoms with van der Waals surface area (Å²) < 4.78 is 5.54. The van der Waals surface area contributed by atoms with Gasteiger partial charge in [-0.1, -0.05) is 17.7 Å². The first kappa shape index (κ1) is 24.7. The summed E-state index contributed by atoms with van der Waals surface area (Å²) in [5.74, 6) is -4.79. The van der Waals surface area contributed by atoms with Gasteiger partial charge in [-0.2, -0.15) is 0 Å². The molecule has 9 heteroatoms. The number of aromatic hydroxyl groups is 1. The second-order valence-electron chi connectivity index (χ2n) is 9.95. The van der Waals surface area contributed by atoms with Gasteiger partial charge in [-0.25, -0.2) is 0 Å². The molecule has 1 fully saturated rings. The lowest BCUT2D eigenvalue weighted by molar-refractivity contribution is -0.142. The van der Waals surface area contributed by atoms with Gasteiger partial charge in [-0.05, 0) is 50.3 Å². The van der Waals surface area contributed by atoms with Gasteiger partial charge in [0.2, 0.25) is 11.8 Å². The number of carbonyl (C=O) groups excluding carboxylic acids is 4. The van der Waals surface area contributed by atoms with Crippen LogP contribution in [-0.4, -0.2) is 58.1 Å². The van der Waals surface area contributed by atoms with E-state index < -0.39 is 29.6 Å². The minimum absolute atomic E-state index is 0.0169. The van der Waals surface area contributed by atoms with E-state index in [1.807, 2.05) is 6.08 Å². The van der Waals surface area contributed by atoms with Gasteiger partial charge >= 0.3 is 5.97 Å². The zero-order valence-corrected chi connectivity index (χ0v) is 20.5. The highest BCUT2D eigenvalue weighted by Gasteiger charge is 2.56. The molecule has 0 unspecified atom stereocenters. The largest absolute Gasteiger partial charge is 0.507 e. The molecule has 1 saturated heterocycles. The van der Waals surface area contributed by atoms with Crippen LogP contribution in [0.2, 0.25) is 0 Å². The van der Waals surface area contributed by atoms with E-state index in [2.05, 4.69) is 0 Å². The van der Waals surface area contributed by atoms with Gasteiger partial charge in [0.05, 0.1) is 18.9 Å². The molecule has 4 aliphatic rings. The molecule has 1 aromatic rings. The van der Waals surface area contributed by atoms with Crippen LogP contribution in [0, 0.1) is 17.8 Å². The Bertz CT molecular complexity index is 1350. The molecule has 5 rings (SSSR count). The van der Waals surface area contributed by atoms with E-state index in [-0.39, 0.29) is 66.9 Å². The highest BCUT2D eigenvalue weighted by molar-refractivity contribution is 6.24. The lowest BCUT2D eigenvalue weighted by Gasteiger charge is -2.42. The molecule has 0 bridgehead atoms. The number of aliphatic carboxylic acids is 1. The number of methoxy groups -OCH3 is 1. The summed E-state index contributed by atoms with van der Waals surface area (Å²) in [7, 11) is 1.45. The molecular weight excluding hydrogens is 478 g/mol. The molecule has 192 valence electrons. The van der Waals surface area contributed by atoms with Crippen molar-refractivity contribution in [2.45, 2.75) is 38.5 Å². The van der Waals surface area contributed by atoms with Crippen LogP contribution >= 0.6 is 0 Å². The van der Waals surface area contributed by atoms with E-state index >= 15 is 0 Å². The van der Waals surface area contributed by atoms with Crippen molar-refractivity contribution in [1.82, 2.24) is 4.90 Å². The Morgan fingerprint density at radius 3 is 2.59 bits per heavy atom. The number of allylic oxidation sites excluding steroid dienone is 6. The summed E-state index contributed by atoms with van der Waals surface area (Å²) in [5.41, 5.74) is 1.92. The lowest BCUT2D eigenvalue weighted by Crippen LogP contribution is -2.40. The average molecular weight is 506 g/mol. The van der Waals surface area contributed by atoms with Crippen LogP contribution in [-0.2, 0) is 24.0 Å². The van der Waals surface area contributed by atoms with E-state index in [1.165, 1.54) is 19.3 Å². The number of likely N-dealkylation sites (tertiary alicyclic amines) is 1. The maximum Gasteiger partial charge on any atom is 0.303 e. The molecule has 0 spiro atoms. The second-order valence-corrected chi connectivity index (χ2v) is 9.95. The normalized spacial score (nSPS) is 26.9. The van der Waals surface area contributed by atoms with E-state index in [0.29, 0.717) is 28.0 Å². The summed E-state index contributed by atoms with van der Waals surface area (Å²) >= 11 is 0. The molecule has 4 atom stereocenters. The first-order valence-corrected chi connectivity index (χ1v) is 12.3. The van der Waals surface area contributed by atoms with Crippen LogP contribution in [0.4, 0.5) is 0 Å². The van der Waals surface area contributed by atoms with Crippen molar-refractivity contribution in [1.29, 1.82) is 0 Å². The van der Waals surface area contributed by atoms with E-state index in [9.17, 15) is 29.1 Å². The molecule has 1 aromatic carbocycles. The number of imide groups is 1. The van der Waals surface area contributed by atoms with Gasteiger partial charge in [-0.3, -0.25) is 28.9 Å². The number of carboxylic acid groups (broad SMARTS) is 1. The standard InChI is InChI=1S/C28H27NO8/c1-13-11-19(31)17-12-16-14(23(24(17)26(13)34)25-18(30)5-3-6-20(25)37-2)8-9-15-22(16)28(36)29(27(15)35)10-4-7-21(32)33/h3,5-6,8,11,15-16,22-23,30H,4,7,9-10,12H2,1-2H3,(H,32,33)/t15-,16+,22-,23-/m0/s1. The Morgan fingerprint density at radius 2 is 1.89 bits per heavy atom. The molecule has 0 radical (unpaired) electrons. The van der Waals surface area contributed by atoms with Gasteiger partial charge in [0, 0.05) is 41.2 Å². The molecule has 3 aliphatic carbocycles. The first-order chi connectivity index (χ1) is 17.6. The number of ether oxygens (including phenoxy) is 1. The van der Waals surface area contributed by atoms with Crippen molar-refractivity contribution in [3.8, 4) is 11.5 Å². The van der Waals surface area contributed by atoms with Crippen LogP contribution in [0.25, 0.3) is 0 Å². The van der Waals surface area contributed by atoms with Crippen molar-refractivity contribution in [2.24, 2.45) is 17.8 Å². The zero-order chi connectivity index (χ0) is 26.6. The van der Waals surface area contributed by atoms with Gasteiger partial charge in [0.1, 0.15) is 11.5 Å². The number of hydrogen-bond donors (Lipinski definition) is 2. The third-order valence-electron chi connectivity index (χ3n) is 7.98. The Kier molecular flexibility index (Phi) is 6.09. The topological polar surface area (TPSA) is 138 Å². The number of fused-ring (bicyclic) bond motifs is 3. The number of benzene rings is 1. The van der Waals surface area contributed by atoms with Crippen molar-refractivity contribution >= 4 is 29.4 Å². The van der Waals surface area contributed by atoms with E-state index in [4.69, 9.17) is 9.84 Å². The van der Waals surface area contributed by atoms with E-state index in [1.54, 1.807) is 19.1 Å². The van der Waals surface area contributed by atoms with Gasteiger partial charge < -0.3 is 14.9 Å². The van der Waals surface area contributed by atoms with Gasteiger partial charge in [0.25, 0.3) is 0 Å². The van der Waals surface area contributed by atoms with Crippen molar-refractivity contribution in [3.05, 3.63) is 58.2 Å². The van der Waals surface area contributed by atoms with Crippen molar-refractivity contribution in [3.63, 3.8) is 0 Å². The fourth-order valence-electron chi connectivity index (χ4n) is 6.37. The van der Waals surface area contributed by atoms with Crippen molar-refractivity contribution < 1.29 is 38.9 Å². The fourth-order valence-corrected chi connectivity index (χ4v) is 6.37. The van der Waals surface area contributed by atoms with Gasteiger partial charge in [-0.15, -0.1) is 0 Å². The van der Waals surface area contributed by atoms with E-state index in [0.717, 1.165) is 4.90 Å². The quantitative estimate of drug-likeness (QED) is 0.342. The van der Waals surface area contributed by atoms with Crippen molar-refractivity contribution in [2.75, 3.05) is 13.7 Å². The smallest absolute Gasteiger partial charge is 0.303 e. The number of carboxylic acids is 1. The highest BCUT2D eigenvalue weighted by atomic mass is 16.5. The van der Waals surface area contributed by atoms with Crippen LogP contribution < -0.4 is 4.74 Å². The lowest BCUT2D eigenvalue weighted by atomic mass is 9.59. The number of nitrogens with zero attached hydrogens (tertiary/aromatic N) is 1. The zero-order valence-electron chi connectivity index (χ0n) is 20.5. The first-order valence-electron chi connectivity index (χ1n) is 12.3. The minimum Gasteiger partial charge on any atom is -0.507 e. The number of amides is 2. The van der Waals surface area contributed by atoms with Crippen LogP contribution in [0.15, 0.2) is 52.6 Å². The predicted octanol–water partition coefficient (Wildman–Crippen LogP) is 2.70. The number of rotatable bonds is 6. The number of phenolic OH excluding ortho intramolecular Hbond substituents is 1. The summed E-state index contributed by atoms with van der Waals surface area (Å²) in [6, 6.07) is 4.77. The fraction of sp³-hybridized carbons (Fsp3) is 0.393. The number of phenols is 1. The summed E-state index contributed by atoms with van der Waals surface area (Å²) in [5, 5.41) is 19.9. The maximum absolute atomic E-state index is 13.5. The molecule has 37 heavy (non-hydrogen) atoms. The molecule has 2 amide bonds. The second kappa shape index (κ2) is 9.14.